The number of halogens is 1. The molecule has 0 aliphatic rings. The average molecular weight is 238 g/mol. The second-order valence-corrected chi connectivity index (χ2v) is 3.42. The Kier molecular flexibility index (Phi) is 3.41. The summed E-state index contributed by atoms with van der Waals surface area (Å²) >= 11 is 5.76. The zero-order chi connectivity index (χ0) is 11.4. The first-order valence-electron chi connectivity index (χ1n) is 5.03. The number of aromatic nitrogens is 3. The topological polar surface area (TPSA) is 39.9 Å². The highest BCUT2D eigenvalue weighted by molar-refractivity contribution is 6.16. The van der Waals surface area contributed by atoms with Crippen molar-refractivity contribution in [3.8, 4) is 11.4 Å². The molecule has 0 fully saturated rings. The Balaban J connectivity index is 2.27. The number of alkyl halides is 1. The Bertz CT molecular complexity index is 453. The fourth-order valence-electron chi connectivity index (χ4n) is 1.42. The van der Waals surface area contributed by atoms with Gasteiger partial charge < -0.3 is 4.74 Å². The van der Waals surface area contributed by atoms with Crippen molar-refractivity contribution in [2.45, 2.75) is 12.8 Å². The summed E-state index contributed by atoms with van der Waals surface area (Å²) in [4.78, 5) is 4.06. The second-order valence-electron chi connectivity index (χ2n) is 3.15. The van der Waals surface area contributed by atoms with E-state index in [1.54, 1.807) is 4.68 Å². The molecule has 1 aromatic heterocycles. The number of hydrogen-bond donors (Lipinski definition) is 0. The third-order valence-electron chi connectivity index (χ3n) is 2.13. The van der Waals surface area contributed by atoms with Gasteiger partial charge in [-0.3, -0.25) is 0 Å². The third-order valence-corrected chi connectivity index (χ3v) is 2.37. The molecule has 0 unspecified atom stereocenters. The van der Waals surface area contributed by atoms with E-state index in [1.807, 2.05) is 31.2 Å². The highest BCUT2D eigenvalue weighted by atomic mass is 35.5. The summed E-state index contributed by atoms with van der Waals surface area (Å²) in [7, 11) is 0. The van der Waals surface area contributed by atoms with E-state index >= 15 is 0 Å². The molecule has 16 heavy (non-hydrogen) atoms. The van der Waals surface area contributed by atoms with Crippen molar-refractivity contribution in [1.29, 1.82) is 0 Å². The van der Waals surface area contributed by atoms with Gasteiger partial charge in [0.2, 0.25) is 0 Å². The Hall–Kier alpha value is -1.55. The standard InChI is InChI=1S/C11H12ClN3O/c1-2-16-10-5-3-9(4-6-10)15-11(7-12)13-8-14-15/h3-6,8H,2,7H2,1H3. The summed E-state index contributed by atoms with van der Waals surface area (Å²) in [6, 6.07) is 7.66. The van der Waals surface area contributed by atoms with Crippen molar-refractivity contribution in [3.05, 3.63) is 36.4 Å². The Morgan fingerprint density at radius 2 is 2.06 bits per heavy atom. The number of hydrogen-bond acceptors (Lipinski definition) is 3. The maximum atomic E-state index is 5.76. The van der Waals surface area contributed by atoms with Crippen LogP contribution in [0.1, 0.15) is 12.7 Å². The second kappa shape index (κ2) is 4.99. The van der Waals surface area contributed by atoms with Gasteiger partial charge in [-0.25, -0.2) is 9.67 Å². The fraction of sp³-hybridized carbons (Fsp3) is 0.273. The first-order chi connectivity index (χ1) is 7.85. The van der Waals surface area contributed by atoms with Crippen LogP contribution in [0.3, 0.4) is 0 Å². The highest BCUT2D eigenvalue weighted by Gasteiger charge is 2.04. The molecule has 0 radical (unpaired) electrons. The normalized spacial score (nSPS) is 10.4. The van der Waals surface area contributed by atoms with Gasteiger partial charge in [-0.15, -0.1) is 11.6 Å². The van der Waals surface area contributed by atoms with E-state index in [4.69, 9.17) is 16.3 Å². The van der Waals surface area contributed by atoms with Gasteiger partial charge in [0.1, 0.15) is 17.9 Å². The van der Waals surface area contributed by atoms with E-state index in [1.165, 1.54) is 6.33 Å². The van der Waals surface area contributed by atoms with E-state index in [0.29, 0.717) is 12.5 Å². The van der Waals surface area contributed by atoms with Gasteiger partial charge in [-0.1, -0.05) is 0 Å². The van der Waals surface area contributed by atoms with Crippen molar-refractivity contribution in [1.82, 2.24) is 14.8 Å². The molecule has 1 heterocycles. The molecule has 0 saturated heterocycles. The first-order valence-corrected chi connectivity index (χ1v) is 5.56. The van der Waals surface area contributed by atoms with E-state index in [2.05, 4.69) is 10.1 Å². The molecule has 0 spiro atoms. The zero-order valence-corrected chi connectivity index (χ0v) is 9.68. The summed E-state index contributed by atoms with van der Waals surface area (Å²) < 4.78 is 7.07. The van der Waals surface area contributed by atoms with Crippen molar-refractivity contribution in [3.63, 3.8) is 0 Å². The molecule has 1 aromatic carbocycles. The molecule has 0 atom stereocenters. The van der Waals surface area contributed by atoms with Gasteiger partial charge in [0.15, 0.2) is 0 Å². The van der Waals surface area contributed by atoms with Gasteiger partial charge in [-0.2, -0.15) is 5.10 Å². The van der Waals surface area contributed by atoms with Crippen molar-refractivity contribution in [2.24, 2.45) is 0 Å². The highest BCUT2D eigenvalue weighted by Crippen LogP contribution is 2.16. The number of rotatable bonds is 4. The average Bonchev–Trinajstić information content (AvgIpc) is 2.78. The number of ether oxygens (including phenoxy) is 1. The number of nitrogens with zero attached hydrogens (tertiary/aromatic N) is 3. The molecule has 0 saturated carbocycles. The lowest BCUT2D eigenvalue weighted by atomic mass is 10.3. The van der Waals surface area contributed by atoms with Crippen LogP contribution >= 0.6 is 11.6 Å². The van der Waals surface area contributed by atoms with Gasteiger partial charge in [0.25, 0.3) is 0 Å². The van der Waals surface area contributed by atoms with Crippen LogP contribution in [0.2, 0.25) is 0 Å². The number of benzene rings is 1. The largest absolute Gasteiger partial charge is 0.494 e. The van der Waals surface area contributed by atoms with Crippen molar-refractivity contribution >= 4 is 11.6 Å². The Labute approximate surface area is 98.8 Å². The van der Waals surface area contributed by atoms with Gasteiger partial charge in [-0.05, 0) is 31.2 Å². The van der Waals surface area contributed by atoms with Crippen LogP contribution in [-0.4, -0.2) is 21.4 Å². The molecule has 0 aliphatic carbocycles. The van der Waals surface area contributed by atoms with E-state index in [0.717, 1.165) is 17.3 Å². The van der Waals surface area contributed by atoms with E-state index in [9.17, 15) is 0 Å². The van der Waals surface area contributed by atoms with Gasteiger partial charge >= 0.3 is 0 Å². The monoisotopic (exact) mass is 237 g/mol. The lowest BCUT2D eigenvalue weighted by Crippen LogP contribution is -2.01. The Morgan fingerprint density at radius 1 is 1.31 bits per heavy atom. The quantitative estimate of drug-likeness (QED) is 0.767. The van der Waals surface area contributed by atoms with Crippen LogP contribution < -0.4 is 4.74 Å². The molecule has 2 rings (SSSR count). The van der Waals surface area contributed by atoms with E-state index in [-0.39, 0.29) is 0 Å². The maximum Gasteiger partial charge on any atom is 0.147 e. The molecule has 2 aromatic rings. The van der Waals surface area contributed by atoms with Crippen LogP contribution in [0.4, 0.5) is 0 Å². The first kappa shape index (κ1) is 11.0. The van der Waals surface area contributed by atoms with Crippen molar-refractivity contribution < 1.29 is 4.74 Å². The smallest absolute Gasteiger partial charge is 0.147 e. The molecule has 84 valence electrons. The summed E-state index contributed by atoms with van der Waals surface area (Å²) in [6.07, 6.45) is 1.49. The predicted octanol–water partition coefficient (Wildman–Crippen LogP) is 2.40. The minimum absolute atomic E-state index is 0.340. The van der Waals surface area contributed by atoms with Crippen LogP contribution in [0, 0.1) is 0 Å². The summed E-state index contributed by atoms with van der Waals surface area (Å²) in [5.41, 5.74) is 0.927. The molecule has 0 amide bonds. The van der Waals surface area contributed by atoms with E-state index < -0.39 is 0 Å². The lowest BCUT2D eigenvalue weighted by Gasteiger charge is -2.06. The van der Waals surface area contributed by atoms with Crippen LogP contribution in [0.25, 0.3) is 5.69 Å². The molecular weight excluding hydrogens is 226 g/mol. The van der Waals surface area contributed by atoms with Crippen LogP contribution in [0.5, 0.6) is 5.75 Å². The van der Waals surface area contributed by atoms with Gasteiger partial charge in [0, 0.05) is 0 Å². The van der Waals surface area contributed by atoms with Crippen LogP contribution in [-0.2, 0) is 5.88 Å². The molecule has 5 heteroatoms. The summed E-state index contributed by atoms with van der Waals surface area (Å²) in [5, 5.41) is 4.11. The Morgan fingerprint density at radius 3 is 2.69 bits per heavy atom. The molecular formula is C11H12ClN3O. The zero-order valence-electron chi connectivity index (χ0n) is 8.93. The predicted molar refractivity (Wildman–Crippen MR) is 62.1 cm³/mol. The third kappa shape index (κ3) is 2.17. The molecule has 0 N–H and O–H groups in total. The lowest BCUT2D eigenvalue weighted by molar-refractivity contribution is 0.340. The molecule has 0 aliphatic heterocycles. The summed E-state index contributed by atoms with van der Waals surface area (Å²) in [5.74, 6) is 1.91. The summed E-state index contributed by atoms with van der Waals surface area (Å²) in [6.45, 7) is 2.62. The molecule has 0 bridgehead atoms. The minimum atomic E-state index is 0.340. The fourth-order valence-corrected chi connectivity index (χ4v) is 1.60. The maximum absolute atomic E-state index is 5.76. The van der Waals surface area contributed by atoms with Crippen molar-refractivity contribution in [2.75, 3.05) is 6.61 Å². The van der Waals surface area contributed by atoms with Gasteiger partial charge in [0.05, 0.1) is 18.2 Å². The molecule has 4 nitrogen and oxygen atoms in total. The minimum Gasteiger partial charge on any atom is -0.494 e. The van der Waals surface area contributed by atoms with Crippen LogP contribution in [0.15, 0.2) is 30.6 Å². The SMILES string of the molecule is CCOc1ccc(-n2ncnc2CCl)cc1.